The van der Waals surface area contributed by atoms with Gasteiger partial charge in [0, 0.05) is 18.5 Å². The number of benzene rings is 1. The van der Waals surface area contributed by atoms with Crippen molar-refractivity contribution in [3.05, 3.63) is 35.4 Å². The predicted molar refractivity (Wildman–Crippen MR) is 87.7 cm³/mol. The summed E-state index contributed by atoms with van der Waals surface area (Å²) in [6.07, 6.45) is 6.94. The number of nitrogens with one attached hydrogen (secondary N) is 2. The number of hydrogen-bond donors (Lipinski definition) is 2. The van der Waals surface area contributed by atoms with Gasteiger partial charge in [0.25, 0.3) is 0 Å². The van der Waals surface area contributed by atoms with E-state index in [2.05, 4.69) is 34.9 Å². The van der Waals surface area contributed by atoms with E-state index in [4.69, 9.17) is 0 Å². The highest BCUT2D eigenvalue weighted by Crippen LogP contribution is 2.25. The maximum Gasteiger partial charge on any atom is 0.223 e. The second-order valence-corrected chi connectivity index (χ2v) is 6.04. The Morgan fingerprint density at radius 1 is 1.19 bits per heavy atom. The molecular formula is C17H25ClN2O. The second-order valence-electron chi connectivity index (χ2n) is 6.04. The Morgan fingerprint density at radius 3 is 2.76 bits per heavy atom. The molecule has 3 nitrogen and oxygen atoms in total. The average Bonchev–Trinajstić information content (AvgIpc) is 2.53. The predicted octanol–water partition coefficient (Wildman–Crippen LogP) is 2.99. The van der Waals surface area contributed by atoms with Crippen LogP contribution in [0.25, 0.3) is 0 Å². The summed E-state index contributed by atoms with van der Waals surface area (Å²) in [5, 5.41) is 6.68. The Bertz CT molecular complexity index is 472. The van der Waals surface area contributed by atoms with Crippen LogP contribution in [0.4, 0.5) is 0 Å². The van der Waals surface area contributed by atoms with E-state index in [1.165, 1.54) is 30.4 Å². The Kier molecular flexibility index (Phi) is 6.07. The van der Waals surface area contributed by atoms with E-state index in [0.29, 0.717) is 6.54 Å². The van der Waals surface area contributed by atoms with Crippen molar-refractivity contribution in [2.24, 2.45) is 5.92 Å². The molecule has 0 saturated heterocycles. The van der Waals surface area contributed by atoms with Gasteiger partial charge in [0.1, 0.15) is 0 Å². The zero-order valence-electron chi connectivity index (χ0n) is 12.4. The maximum atomic E-state index is 12.2. The molecule has 4 heteroatoms. The molecule has 1 aromatic carbocycles. The number of carbonyl (C=O) groups is 1. The molecule has 1 fully saturated rings. The molecule has 0 spiro atoms. The zero-order chi connectivity index (χ0) is 13.8. The van der Waals surface area contributed by atoms with Crippen molar-refractivity contribution in [3.63, 3.8) is 0 Å². The normalized spacial score (nSPS) is 22.0. The van der Waals surface area contributed by atoms with E-state index >= 15 is 0 Å². The third-order valence-corrected chi connectivity index (χ3v) is 4.67. The van der Waals surface area contributed by atoms with Gasteiger partial charge in [-0.15, -0.1) is 12.4 Å². The van der Waals surface area contributed by atoms with E-state index in [0.717, 1.165) is 25.8 Å². The third-order valence-electron chi connectivity index (χ3n) is 4.67. The molecule has 116 valence electrons. The molecule has 0 bridgehead atoms. The van der Waals surface area contributed by atoms with Crippen LogP contribution in [0.3, 0.4) is 0 Å². The lowest BCUT2D eigenvalue weighted by atomic mass is 9.88. The molecule has 2 N–H and O–H groups in total. The summed E-state index contributed by atoms with van der Waals surface area (Å²) < 4.78 is 0. The first kappa shape index (κ1) is 16.3. The van der Waals surface area contributed by atoms with Crippen LogP contribution in [0.5, 0.6) is 0 Å². The Hall–Kier alpha value is -1.06. The van der Waals surface area contributed by atoms with Gasteiger partial charge in [0.05, 0.1) is 0 Å². The molecule has 1 heterocycles. The van der Waals surface area contributed by atoms with Gasteiger partial charge in [-0.05, 0) is 36.9 Å². The highest BCUT2D eigenvalue weighted by molar-refractivity contribution is 5.85. The first-order valence-electron chi connectivity index (χ1n) is 7.93. The van der Waals surface area contributed by atoms with Gasteiger partial charge in [-0.25, -0.2) is 0 Å². The molecule has 0 aromatic heterocycles. The SMILES string of the molecule is Cl.O=C(NCC1NCCc2ccccc21)C1CCCCC1. The fraction of sp³-hybridized carbons (Fsp3) is 0.588. The van der Waals surface area contributed by atoms with Crippen molar-refractivity contribution in [1.82, 2.24) is 10.6 Å². The van der Waals surface area contributed by atoms with Crippen molar-refractivity contribution in [1.29, 1.82) is 0 Å². The molecule has 0 radical (unpaired) electrons. The Labute approximate surface area is 133 Å². The summed E-state index contributed by atoms with van der Waals surface area (Å²) in [5.74, 6) is 0.511. The molecule has 1 unspecified atom stereocenters. The smallest absolute Gasteiger partial charge is 0.223 e. The molecular weight excluding hydrogens is 284 g/mol. The largest absolute Gasteiger partial charge is 0.354 e. The van der Waals surface area contributed by atoms with Gasteiger partial charge in [-0.3, -0.25) is 4.79 Å². The molecule has 1 aromatic rings. The number of rotatable bonds is 3. The molecule has 1 amide bonds. The van der Waals surface area contributed by atoms with Crippen molar-refractivity contribution in [2.45, 2.75) is 44.6 Å². The van der Waals surface area contributed by atoms with Crippen LogP contribution in [-0.4, -0.2) is 19.0 Å². The van der Waals surface area contributed by atoms with Crippen LogP contribution in [0.1, 0.15) is 49.3 Å². The summed E-state index contributed by atoms with van der Waals surface area (Å²) in [7, 11) is 0. The van der Waals surface area contributed by atoms with Gasteiger partial charge in [-0.1, -0.05) is 43.5 Å². The topological polar surface area (TPSA) is 41.1 Å². The van der Waals surface area contributed by atoms with Gasteiger partial charge >= 0.3 is 0 Å². The summed E-state index contributed by atoms with van der Waals surface area (Å²) >= 11 is 0. The first-order chi connectivity index (χ1) is 9.84. The second kappa shape index (κ2) is 7.81. The number of halogens is 1. The maximum absolute atomic E-state index is 12.2. The Morgan fingerprint density at radius 2 is 1.95 bits per heavy atom. The fourth-order valence-corrected chi connectivity index (χ4v) is 3.49. The molecule has 1 aliphatic carbocycles. The lowest BCUT2D eigenvalue weighted by molar-refractivity contribution is -0.126. The minimum Gasteiger partial charge on any atom is -0.354 e. The summed E-state index contributed by atoms with van der Waals surface area (Å²) in [4.78, 5) is 12.2. The number of carbonyl (C=O) groups excluding carboxylic acids is 1. The summed E-state index contributed by atoms with van der Waals surface area (Å²) in [6.45, 7) is 1.72. The lowest BCUT2D eigenvalue weighted by Crippen LogP contribution is -2.41. The molecule has 3 rings (SSSR count). The number of amides is 1. The third kappa shape index (κ3) is 3.98. The van der Waals surface area contributed by atoms with Crippen molar-refractivity contribution in [2.75, 3.05) is 13.1 Å². The first-order valence-corrected chi connectivity index (χ1v) is 7.93. The quantitative estimate of drug-likeness (QED) is 0.901. The van der Waals surface area contributed by atoms with Crippen LogP contribution in [0, 0.1) is 5.92 Å². The average molecular weight is 309 g/mol. The van der Waals surface area contributed by atoms with Crippen LogP contribution in [-0.2, 0) is 11.2 Å². The van der Waals surface area contributed by atoms with Crippen LogP contribution >= 0.6 is 12.4 Å². The zero-order valence-corrected chi connectivity index (χ0v) is 13.3. The van der Waals surface area contributed by atoms with E-state index in [9.17, 15) is 4.79 Å². The summed E-state index contributed by atoms with van der Waals surface area (Å²) in [5.41, 5.74) is 2.77. The van der Waals surface area contributed by atoms with E-state index in [1.54, 1.807) is 0 Å². The highest BCUT2D eigenvalue weighted by atomic mass is 35.5. The number of fused-ring (bicyclic) bond motifs is 1. The van der Waals surface area contributed by atoms with E-state index in [-0.39, 0.29) is 30.3 Å². The lowest BCUT2D eigenvalue weighted by Gasteiger charge is -2.28. The van der Waals surface area contributed by atoms with Crippen molar-refractivity contribution < 1.29 is 4.79 Å². The fourth-order valence-electron chi connectivity index (χ4n) is 3.49. The molecule has 1 saturated carbocycles. The molecule has 1 aliphatic heterocycles. The molecule has 2 aliphatic rings. The van der Waals surface area contributed by atoms with Crippen molar-refractivity contribution in [3.8, 4) is 0 Å². The van der Waals surface area contributed by atoms with Crippen molar-refractivity contribution >= 4 is 18.3 Å². The Balaban J connectivity index is 0.00000161. The van der Waals surface area contributed by atoms with Gasteiger partial charge in [-0.2, -0.15) is 0 Å². The molecule has 1 atom stereocenters. The van der Waals surface area contributed by atoms with Crippen LogP contribution in [0.15, 0.2) is 24.3 Å². The van der Waals surface area contributed by atoms with E-state index < -0.39 is 0 Å². The van der Waals surface area contributed by atoms with Crippen LogP contribution < -0.4 is 10.6 Å². The standard InChI is InChI=1S/C17H24N2O.ClH/c20-17(14-7-2-1-3-8-14)19-12-16-15-9-5-4-6-13(15)10-11-18-16;/h4-6,9,14,16,18H,1-3,7-8,10-12H2,(H,19,20);1H. The van der Waals surface area contributed by atoms with Gasteiger partial charge in [0.15, 0.2) is 0 Å². The van der Waals surface area contributed by atoms with Gasteiger partial charge in [0.2, 0.25) is 5.91 Å². The minimum atomic E-state index is 0. The monoisotopic (exact) mass is 308 g/mol. The summed E-state index contributed by atoms with van der Waals surface area (Å²) in [6, 6.07) is 8.83. The van der Waals surface area contributed by atoms with E-state index in [1.807, 2.05) is 0 Å². The van der Waals surface area contributed by atoms with Crippen LogP contribution in [0.2, 0.25) is 0 Å². The van der Waals surface area contributed by atoms with Gasteiger partial charge < -0.3 is 10.6 Å². The minimum absolute atomic E-state index is 0. The number of hydrogen-bond acceptors (Lipinski definition) is 2. The molecule has 21 heavy (non-hydrogen) atoms. The highest BCUT2D eigenvalue weighted by Gasteiger charge is 2.23.